The molecule has 1 saturated heterocycles. The van der Waals surface area contributed by atoms with E-state index in [1.54, 1.807) is 0 Å². The van der Waals surface area contributed by atoms with Crippen LogP contribution >= 0.6 is 0 Å². The first-order valence-corrected chi connectivity index (χ1v) is 5.52. The average Bonchev–Trinajstić information content (AvgIpc) is 2.63. The van der Waals surface area contributed by atoms with E-state index in [4.69, 9.17) is 0 Å². The van der Waals surface area contributed by atoms with E-state index in [2.05, 4.69) is 11.4 Å². The van der Waals surface area contributed by atoms with Gasteiger partial charge in [0.25, 0.3) is 0 Å². The van der Waals surface area contributed by atoms with Crippen molar-refractivity contribution in [1.82, 2.24) is 10.2 Å². The lowest BCUT2D eigenvalue weighted by atomic mass is 10.1. The van der Waals surface area contributed by atoms with Crippen molar-refractivity contribution in [3.63, 3.8) is 0 Å². The minimum absolute atomic E-state index is 0.347. The number of likely N-dealkylation sites (tertiary alicyclic amines) is 1. The molecule has 0 bridgehead atoms. The monoisotopic (exact) mass is 194 g/mol. The van der Waals surface area contributed by atoms with Gasteiger partial charge in [-0.25, -0.2) is 0 Å². The van der Waals surface area contributed by atoms with E-state index < -0.39 is 0 Å². The van der Waals surface area contributed by atoms with Gasteiger partial charge in [0.15, 0.2) is 0 Å². The lowest BCUT2D eigenvalue weighted by molar-refractivity contribution is -0.127. The molecule has 0 aromatic heterocycles. The maximum absolute atomic E-state index is 11.3. The number of hydrogen-bond donors (Lipinski definition) is 1. The molecule has 2 rings (SSSR count). The Balaban J connectivity index is 1.76. The standard InChI is InChI=1S/C11H18N2O/c14-11-2-1-8-13(11)9-5-10-3-6-12-7-4-10/h3,12H,1-2,4-9H2. The number of rotatable bonds is 3. The normalized spacial score (nSPS) is 22.7. The second-order valence-electron chi connectivity index (χ2n) is 4.05. The van der Waals surface area contributed by atoms with Crippen molar-refractivity contribution in [2.45, 2.75) is 25.7 Å². The summed E-state index contributed by atoms with van der Waals surface area (Å²) in [7, 11) is 0. The molecule has 0 radical (unpaired) electrons. The molecule has 2 aliphatic heterocycles. The maximum atomic E-state index is 11.3. The number of amides is 1. The van der Waals surface area contributed by atoms with Gasteiger partial charge in [0.1, 0.15) is 0 Å². The van der Waals surface area contributed by atoms with E-state index in [-0.39, 0.29) is 0 Å². The molecule has 14 heavy (non-hydrogen) atoms. The molecule has 0 aromatic carbocycles. The van der Waals surface area contributed by atoms with Crippen molar-refractivity contribution in [2.75, 3.05) is 26.2 Å². The maximum Gasteiger partial charge on any atom is 0.222 e. The Morgan fingerprint density at radius 3 is 3.00 bits per heavy atom. The van der Waals surface area contributed by atoms with E-state index in [0.29, 0.717) is 5.91 Å². The number of nitrogens with one attached hydrogen (secondary N) is 1. The van der Waals surface area contributed by atoms with Crippen LogP contribution < -0.4 is 5.32 Å². The van der Waals surface area contributed by atoms with Crippen LogP contribution in [0.2, 0.25) is 0 Å². The molecule has 0 saturated carbocycles. The summed E-state index contributed by atoms with van der Waals surface area (Å²) in [4.78, 5) is 13.3. The summed E-state index contributed by atoms with van der Waals surface area (Å²) >= 11 is 0. The molecule has 78 valence electrons. The van der Waals surface area contributed by atoms with E-state index in [1.807, 2.05) is 4.90 Å². The molecule has 3 heteroatoms. The second kappa shape index (κ2) is 4.60. The highest BCUT2D eigenvalue weighted by atomic mass is 16.2. The fourth-order valence-corrected chi connectivity index (χ4v) is 2.12. The van der Waals surface area contributed by atoms with Crippen LogP contribution in [-0.4, -0.2) is 37.0 Å². The van der Waals surface area contributed by atoms with Gasteiger partial charge in [-0.15, -0.1) is 0 Å². The Morgan fingerprint density at radius 2 is 2.36 bits per heavy atom. The molecule has 0 aromatic rings. The number of carbonyl (C=O) groups is 1. The topological polar surface area (TPSA) is 32.3 Å². The number of hydrogen-bond acceptors (Lipinski definition) is 2. The highest BCUT2D eigenvalue weighted by Crippen LogP contribution is 2.14. The molecule has 0 spiro atoms. The lowest BCUT2D eigenvalue weighted by Gasteiger charge is -2.18. The fraction of sp³-hybridized carbons (Fsp3) is 0.727. The van der Waals surface area contributed by atoms with Crippen molar-refractivity contribution in [3.8, 4) is 0 Å². The first-order chi connectivity index (χ1) is 6.86. The van der Waals surface area contributed by atoms with Crippen LogP contribution in [0.25, 0.3) is 0 Å². The van der Waals surface area contributed by atoms with Gasteiger partial charge in [0, 0.05) is 26.1 Å². The molecule has 0 unspecified atom stereocenters. The van der Waals surface area contributed by atoms with Gasteiger partial charge in [-0.1, -0.05) is 11.6 Å². The Hall–Kier alpha value is -0.830. The summed E-state index contributed by atoms with van der Waals surface area (Å²) in [5.74, 6) is 0.347. The van der Waals surface area contributed by atoms with Crippen LogP contribution in [-0.2, 0) is 4.79 Å². The van der Waals surface area contributed by atoms with Crippen LogP contribution in [0.3, 0.4) is 0 Å². The summed E-state index contributed by atoms with van der Waals surface area (Å²) in [5.41, 5.74) is 1.52. The summed E-state index contributed by atoms with van der Waals surface area (Å²) in [6.45, 7) is 4.01. The smallest absolute Gasteiger partial charge is 0.222 e. The zero-order valence-electron chi connectivity index (χ0n) is 8.59. The van der Waals surface area contributed by atoms with E-state index in [1.165, 1.54) is 5.57 Å². The molecule has 2 heterocycles. The average molecular weight is 194 g/mol. The summed E-state index contributed by atoms with van der Waals surface area (Å²) in [5, 5.41) is 3.29. The van der Waals surface area contributed by atoms with Gasteiger partial charge in [-0.3, -0.25) is 4.79 Å². The molecule has 2 aliphatic rings. The predicted molar refractivity (Wildman–Crippen MR) is 56.0 cm³/mol. The van der Waals surface area contributed by atoms with Crippen molar-refractivity contribution in [2.24, 2.45) is 0 Å². The van der Waals surface area contributed by atoms with Crippen molar-refractivity contribution in [3.05, 3.63) is 11.6 Å². The summed E-state index contributed by atoms with van der Waals surface area (Å²) in [6.07, 6.45) is 6.32. The predicted octanol–water partition coefficient (Wildman–Crippen LogP) is 0.919. The zero-order valence-corrected chi connectivity index (χ0v) is 8.59. The van der Waals surface area contributed by atoms with Crippen LogP contribution in [0.5, 0.6) is 0 Å². The summed E-state index contributed by atoms with van der Waals surface area (Å²) < 4.78 is 0. The Kier molecular flexibility index (Phi) is 3.19. The van der Waals surface area contributed by atoms with Gasteiger partial charge in [-0.2, -0.15) is 0 Å². The molecular formula is C11H18N2O. The van der Waals surface area contributed by atoms with Gasteiger partial charge in [-0.05, 0) is 25.8 Å². The minimum Gasteiger partial charge on any atom is -0.342 e. The lowest BCUT2D eigenvalue weighted by Crippen LogP contribution is -2.27. The number of carbonyl (C=O) groups excluding carboxylic acids is 1. The highest BCUT2D eigenvalue weighted by molar-refractivity contribution is 5.78. The molecule has 0 atom stereocenters. The largest absolute Gasteiger partial charge is 0.342 e. The van der Waals surface area contributed by atoms with Crippen LogP contribution in [0.15, 0.2) is 11.6 Å². The molecule has 0 aliphatic carbocycles. The zero-order chi connectivity index (χ0) is 9.80. The van der Waals surface area contributed by atoms with Gasteiger partial charge >= 0.3 is 0 Å². The van der Waals surface area contributed by atoms with E-state index in [9.17, 15) is 4.79 Å². The highest BCUT2D eigenvalue weighted by Gasteiger charge is 2.19. The molecular weight excluding hydrogens is 176 g/mol. The van der Waals surface area contributed by atoms with Crippen molar-refractivity contribution in [1.29, 1.82) is 0 Å². The second-order valence-corrected chi connectivity index (χ2v) is 4.05. The van der Waals surface area contributed by atoms with Gasteiger partial charge in [0.2, 0.25) is 5.91 Å². The number of nitrogens with zero attached hydrogens (tertiary/aromatic N) is 1. The quantitative estimate of drug-likeness (QED) is 0.678. The van der Waals surface area contributed by atoms with Gasteiger partial charge < -0.3 is 10.2 Å². The Labute approximate surface area is 85.2 Å². The van der Waals surface area contributed by atoms with Crippen LogP contribution in [0.1, 0.15) is 25.7 Å². The molecule has 3 nitrogen and oxygen atoms in total. The van der Waals surface area contributed by atoms with Crippen molar-refractivity contribution < 1.29 is 4.79 Å². The van der Waals surface area contributed by atoms with E-state index in [0.717, 1.165) is 51.9 Å². The molecule has 1 amide bonds. The minimum atomic E-state index is 0.347. The third-order valence-corrected chi connectivity index (χ3v) is 3.03. The van der Waals surface area contributed by atoms with Gasteiger partial charge in [0.05, 0.1) is 0 Å². The van der Waals surface area contributed by atoms with Crippen LogP contribution in [0, 0.1) is 0 Å². The summed E-state index contributed by atoms with van der Waals surface area (Å²) in [6, 6.07) is 0. The SMILES string of the molecule is O=C1CCCN1CCC1=CCNCC1. The van der Waals surface area contributed by atoms with Crippen LogP contribution in [0.4, 0.5) is 0 Å². The third kappa shape index (κ3) is 2.35. The third-order valence-electron chi connectivity index (χ3n) is 3.03. The fourth-order valence-electron chi connectivity index (χ4n) is 2.12. The Morgan fingerprint density at radius 1 is 1.43 bits per heavy atom. The first kappa shape index (κ1) is 9.71. The van der Waals surface area contributed by atoms with Crippen molar-refractivity contribution >= 4 is 5.91 Å². The first-order valence-electron chi connectivity index (χ1n) is 5.52. The molecule has 1 fully saturated rings. The van der Waals surface area contributed by atoms with E-state index >= 15 is 0 Å². The molecule has 1 N–H and O–H groups in total. The Bertz CT molecular complexity index is 248.